The second-order valence-corrected chi connectivity index (χ2v) is 2.70. The van der Waals surface area contributed by atoms with E-state index in [-0.39, 0.29) is 5.91 Å². The van der Waals surface area contributed by atoms with E-state index in [0.29, 0.717) is 6.42 Å². The SMILES string of the molecule is CCC(=O)N(C)CSC. The van der Waals surface area contributed by atoms with Gasteiger partial charge < -0.3 is 4.90 Å². The highest BCUT2D eigenvalue weighted by atomic mass is 32.2. The molecule has 0 aliphatic carbocycles. The molecule has 0 aromatic rings. The van der Waals surface area contributed by atoms with Crippen molar-refractivity contribution in [3.05, 3.63) is 0 Å². The molecule has 0 bridgehead atoms. The minimum atomic E-state index is 0.212. The highest BCUT2D eigenvalue weighted by Gasteiger charge is 2.02. The summed E-state index contributed by atoms with van der Waals surface area (Å²) in [7, 11) is 1.82. The fourth-order valence-electron chi connectivity index (χ4n) is 0.536. The van der Waals surface area contributed by atoms with Crippen molar-refractivity contribution in [1.29, 1.82) is 0 Å². The highest BCUT2D eigenvalue weighted by molar-refractivity contribution is 7.98. The Bertz CT molecular complexity index is 95.1. The van der Waals surface area contributed by atoms with Gasteiger partial charge in [0, 0.05) is 13.5 Å². The first kappa shape index (κ1) is 8.82. The van der Waals surface area contributed by atoms with E-state index in [4.69, 9.17) is 0 Å². The van der Waals surface area contributed by atoms with Crippen LogP contribution in [0.25, 0.3) is 0 Å². The lowest BCUT2D eigenvalue weighted by Gasteiger charge is -2.13. The van der Waals surface area contributed by atoms with E-state index in [1.54, 1.807) is 16.7 Å². The van der Waals surface area contributed by atoms with Crippen LogP contribution < -0.4 is 0 Å². The molecule has 0 saturated heterocycles. The number of amides is 1. The Kier molecular flexibility index (Phi) is 4.58. The third-order valence-electron chi connectivity index (χ3n) is 1.05. The van der Waals surface area contributed by atoms with Crippen LogP contribution in [0.3, 0.4) is 0 Å². The van der Waals surface area contributed by atoms with E-state index >= 15 is 0 Å². The van der Waals surface area contributed by atoms with E-state index in [9.17, 15) is 4.79 Å². The monoisotopic (exact) mass is 147 g/mol. The quantitative estimate of drug-likeness (QED) is 0.559. The average Bonchev–Trinajstić information content (AvgIpc) is 1.87. The maximum atomic E-state index is 10.8. The molecular formula is C6H13NOS. The first-order valence-corrected chi connectivity index (χ1v) is 4.34. The molecule has 0 radical (unpaired) electrons. The van der Waals surface area contributed by atoms with E-state index in [1.807, 2.05) is 20.2 Å². The summed E-state index contributed by atoms with van der Waals surface area (Å²) in [5.74, 6) is 1.01. The van der Waals surface area contributed by atoms with Crippen LogP contribution in [0.15, 0.2) is 0 Å². The van der Waals surface area contributed by atoms with Gasteiger partial charge in [-0.2, -0.15) is 0 Å². The fraction of sp³-hybridized carbons (Fsp3) is 0.833. The van der Waals surface area contributed by atoms with E-state index in [2.05, 4.69) is 0 Å². The third-order valence-corrected chi connectivity index (χ3v) is 1.70. The number of hydrogen-bond donors (Lipinski definition) is 0. The van der Waals surface area contributed by atoms with E-state index < -0.39 is 0 Å². The zero-order valence-electron chi connectivity index (χ0n) is 6.18. The van der Waals surface area contributed by atoms with E-state index in [1.165, 1.54) is 0 Å². The number of hydrogen-bond acceptors (Lipinski definition) is 2. The van der Waals surface area contributed by atoms with Crippen LogP contribution in [0.2, 0.25) is 0 Å². The molecule has 0 heterocycles. The molecule has 0 aromatic heterocycles. The summed E-state index contributed by atoms with van der Waals surface area (Å²) in [6.07, 6.45) is 2.59. The maximum Gasteiger partial charge on any atom is 0.222 e. The highest BCUT2D eigenvalue weighted by Crippen LogP contribution is 1.97. The van der Waals surface area contributed by atoms with Crippen LogP contribution in [-0.4, -0.2) is 30.0 Å². The molecule has 0 saturated carbocycles. The summed E-state index contributed by atoms with van der Waals surface area (Å²) in [6, 6.07) is 0. The predicted molar refractivity (Wildman–Crippen MR) is 41.4 cm³/mol. The molecule has 2 nitrogen and oxygen atoms in total. The Labute approximate surface area is 60.6 Å². The van der Waals surface area contributed by atoms with Crippen LogP contribution in [0.5, 0.6) is 0 Å². The molecule has 0 spiro atoms. The van der Waals surface area contributed by atoms with Crippen molar-refractivity contribution >= 4 is 17.7 Å². The Morgan fingerprint density at radius 3 is 2.56 bits per heavy atom. The van der Waals surface area contributed by atoms with Gasteiger partial charge in [0.2, 0.25) is 5.91 Å². The number of nitrogens with zero attached hydrogens (tertiary/aromatic N) is 1. The molecule has 0 unspecified atom stereocenters. The molecule has 0 rings (SSSR count). The van der Waals surface area contributed by atoms with Crippen LogP contribution in [-0.2, 0) is 4.79 Å². The topological polar surface area (TPSA) is 20.3 Å². The zero-order valence-corrected chi connectivity index (χ0v) is 6.99. The van der Waals surface area contributed by atoms with Crippen molar-refractivity contribution in [2.24, 2.45) is 0 Å². The largest absolute Gasteiger partial charge is 0.337 e. The minimum Gasteiger partial charge on any atom is -0.337 e. The van der Waals surface area contributed by atoms with Gasteiger partial charge in [0.15, 0.2) is 0 Å². The van der Waals surface area contributed by atoms with Crippen molar-refractivity contribution in [2.45, 2.75) is 13.3 Å². The molecule has 0 aliphatic heterocycles. The molecule has 0 fully saturated rings. The van der Waals surface area contributed by atoms with Crippen LogP contribution in [0.1, 0.15) is 13.3 Å². The molecule has 0 atom stereocenters. The Morgan fingerprint density at radius 1 is 1.67 bits per heavy atom. The van der Waals surface area contributed by atoms with Crippen molar-refractivity contribution in [3.63, 3.8) is 0 Å². The van der Waals surface area contributed by atoms with Crippen molar-refractivity contribution in [1.82, 2.24) is 4.90 Å². The lowest BCUT2D eigenvalue weighted by molar-refractivity contribution is -0.128. The lowest BCUT2D eigenvalue weighted by atomic mass is 10.4. The normalized spacial score (nSPS) is 9.22. The van der Waals surface area contributed by atoms with Crippen LogP contribution in [0.4, 0.5) is 0 Å². The standard InChI is InChI=1S/C6H13NOS/c1-4-6(8)7(2)5-9-3/h4-5H2,1-3H3. The van der Waals surface area contributed by atoms with Crippen molar-refractivity contribution < 1.29 is 4.79 Å². The molecule has 1 amide bonds. The van der Waals surface area contributed by atoms with Gasteiger partial charge in [0.1, 0.15) is 0 Å². The van der Waals surface area contributed by atoms with E-state index in [0.717, 1.165) is 5.88 Å². The predicted octanol–water partition coefficient (Wildman–Crippen LogP) is 1.18. The number of thioether (sulfide) groups is 1. The molecular weight excluding hydrogens is 134 g/mol. The molecule has 9 heavy (non-hydrogen) atoms. The van der Waals surface area contributed by atoms with Gasteiger partial charge in [-0.25, -0.2) is 0 Å². The maximum absolute atomic E-state index is 10.8. The average molecular weight is 147 g/mol. The van der Waals surface area contributed by atoms with Gasteiger partial charge in [0.25, 0.3) is 0 Å². The number of rotatable bonds is 3. The van der Waals surface area contributed by atoms with Gasteiger partial charge in [-0.1, -0.05) is 6.92 Å². The summed E-state index contributed by atoms with van der Waals surface area (Å²) < 4.78 is 0. The minimum absolute atomic E-state index is 0.212. The molecule has 0 aromatic carbocycles. The number of carbonyl (C=O) groups is 1. The zero-order chi connectivity index (χ0) is 7.28. The number of carbonyl (C=O) groups excluding carboxylic acids is 1. The molecule has 54 valence electrons. The van der Waals surface area contributed by atoms with Gasteiger partial charge in [-0.3, -0.25) is 4.79 Å². The second kappa shape index (κ2) is 4.68. The molecule has 3 heteroatoms. The Hall–Kier alpha value is -0.180. The first-order valence-electron chi connectivity index (χ1n) is 2.95. The van der Waals surface area contributed by atoms with Crippen LogP contribution in [0, 0.1) is 0 Å². The Balaban J connectivity index is 3.45. The second-order valence-electron chi connectivity index (χ2n) is 1.86. The summed E-state index contributed by atoms with van der Waals surface area (Å²) in [5, 5.41) is 0. The van der Waals surface area contributed by atoms with Gasteiger partial charge in [-0.15, -0.1) is 11.8 Å². The fourth-order valence-corrected chi connectivity index (χ4v) is 1.07. The van der Waals surface area contributed by atoms with Crippen molar-refractivity contribution in [2.75, 3.05) is 19.2 Å². The van der Waals surface area contributed by atoms with Crippen LogP contribution >= 0.6 is 11.8 Å². The summed E-state index contributed by atoms with van der Waals surface area (Å²) in [4.78, 5) is 12.5. The smallest absolute Gasteiger partial charge is 0.222 e. The summed E-state index contributed by atoms with van der Waals surface area (Å²) in [6.45, 7) is 1.87. The van der Waals surface area contributed by atoms with Crippen molar-refractivity contribution in [3.8, 4) is 0 Å². The van der Waals surface area contributed by atoms with Gasteiger partial charge in [-0.05, 0) is 6.26 Å². The van der Waals surface area contributed by atoms with Gasteiger partial charge in [0.05, 0.1) is 5.88 Å². The summed E-state index contributed by atoms with van der Waals surface area (Å²) >= 11 is 1.66. The Morgan fingerprint density at radius 2 is 2.22 bits per heavy atom. The van der Waals surface area contributed by atoms with Gasteiger partial charge >= 0.3 is 0 Å². The third kappa shape index (κ3) is 3.40. The molecule has 0 aliphatic rings. The molecule has 0 N–H and O–H groups in total. The summed E-state index contributed by atoms with van der Waals surface area (Å²) in [5.41, 5.74) is 0. The lowest BCUT2D eigenvalue weighted by Crippen LogP contribution is -2.24. The first-order chi connectivity index (χ1) is 4.22.